The van der Waals surface area contributed by atoms with E-state index < -0.39 is 12.2 Å². The highest BCUT2D eigenvalue weighted by Gasteiger charge is 2.18. The fourth-order valence-electron chi connectivity index (χ4n) is 1.75. The van der Waals surface area contributed by atoms with E-state index >= 15 is 0 Å². The Kier molecular flexibility index (Phi) is 4.40. The van der Waals surface area contributed by atoms with Gasteiger partial charge in [0.15, 0.2) is 0 Å². The summed E-state index contributed by atoms with van der Waals surface area (Å²) in [5.41, 5.74) is 0.607. The van der Waals surface area contributed by atoms with Gasteiger partial charge in [-0.25, -0.2) is 4.39 Å². The summed E-state index contributed by atoms with van der Waals surface area (Å²) in [4.78, 5) is 0. The molecule has 0 aliphatic rings. The van der Waals surface area contributed by atoms with E-state index in [1.807, 2.05) is 0 Å². The standard InChI is InChI=1S/C15H14ClFO2/c1-10(19-14-4-2-3-12(16)9-14)15(18)11-5-7-13(17)8-6-11/h2-10,15,18H,1H3. The minimum Gasteiger partial charge on any atom is -0.488 e. The van der Waals surface area contributed by atoms with E-state index in [0.29, 0.717) is 16.3 Å². The van der Waals surface area contributed by atoms with Gasteiger partial charge in [-0.1, -0.05) is 29.8 Å². The molecule has 2 unspecified atom stereocenters. The molecule has 0 bridgehead atoms. The second-order valence-electron chi connectivity index (χ2n) is 4.28. The summed E-state index contributed by atoms with van der Waals surface area (Å²) in [6.07, 6.45) is -1.30. The normalized spacial score (nSPS) is 13.9. The Hall–Kier alpha value is -1.58. The monoisotopic (exact) mass is 280 g/mol. The second kappa shape index (κ2) is 6.04. The Morgan fingerprint density at radius 2 is 1.84 bits per heavy atom. The average Bonchev–Trinajstić information content (AvgIpc) is 2.39. The molecule has 2 nitrogen and oxygen atoms in total. The Balaban J connectivity index is 2.07. The third-order valence-electron chi connectivity index (χ3n) is 2.77. The van der Waals surface area contributed by atoms with E-state index in [9.17, 15) is 9.50 Å². The summed E-state index contributed by atoms with van der Waals surface area (Å²) >= 11 is 5.86. The number of hydrogen-bond donors (Lipinski definition) is 1. The molecule has 0 spiro atoms. The fraction of sp³-hybridized carbons (Fsp3) is 0.200. The van der Waals surface area contributed by atoms with Gasteiger partial charge >= 0.3 is 0 Å². The lowest BCUT2D eigenvalue weighted by Gasteiger charge is -2.21. The highest BCUT2D eigenvalue weighted by molar-refractivity contribution is 6.30. The molecular weight excluding hydrogens is 267 g/mol. The van der Waals surface area contributed by atoms with Gasteiger partial charge in [0.25, 0.3) is 0 Å². The average molecular weight is 281 g/mol. The van der Waals surface area contributed by atoms with Crippen molar-refractivity contribution in [1.82, 2.24) is 0 Å². The van der Waals surface area contributed by atoms with E-state index in [1.54, 1.807) is 31.2 Å². The molecule has 2 aromatic rings. The molecule has 0 radical (unpaired) electrons. The Morgan fingerprint density at radius 1 is 1.16 bits per heavy atom. The maximum absolute atomic E-state index is 12.8. The van der Waals surface area contributed by atoms with Gasteiger partial charge in [-0.05, 0) is 42.8 Å². The lowest BCUT2D eigenvalue weighted by atomic mass is 10.1. The van der Waals surface area contributed by atoms with Crippen LogP contribution in [0.2, 0.25) is 5.02 Å². The summed E-state index contributed by atoms with van der Waals surface area (Å²) < 4.78 is 18.4. The summed E-state index contributed by atoms with van der Waals surface area (Å²) in [7, 11) is 0. The van der Waals surface area contributed by atoms with Crippen LogP contribution in [-0.4, -0.2) is 11.2 Å². The summed E-state index contributed by atoms with van der Waals surface area (Å²) in [5, 5.41) is 10.7. The van der Waals surface area contributed by atoms with Gasteiger partial charge in [0.05, 0.1) is 0 Å². The van der Waals surface area contributed by atoms with Gasteiger partial charge in [-0.2, -0.15) is 0 Å². The quantitative estimate of drug-likeness (QED) is 0.918. The number of aliphatic hydroxyl groups is 1. The molecule has 0 saturated heterocycles. The van der Waals surface area contributed by atoms with E-state index in [4.69, 9.17) is 16.3 Å². The fourth-order valence-corrected chi connectivity index (χ4v) is 1.93. The minimum atomic E-state index is -0.834. The molecule has 2 aromatic carbocycles. The number of aliphatic hydroxyl groups excluding tert-OH is 1. The van der Waals surface area contributed by atoms with Crippen molar-refractivity contribution in [2.45, 2.75) is 19.1 Å². The maximum atomic E-state index is 12.8. The van der Waals surface area contributed by atoms with Crippen molar-refractivity contribution in [3.63, 3.8) is 0 Å². The van der Waals surface area contributed by atoms with Crippen LogP contribution in [0.25, 0.3) is 0 Å². The van der Waals surface area contributed by atoms with Crippen molar-refractivity contribution in [2.24, 2.45) is 0 Å². The van der Waals surface area contributed by atoms with E-state index in [0.717, 1.165) is 0 Å². The van der Waals surface area contributed by atoms with Crippen molar-refractivity contribution >= 4 is 11.6 Å². The molecule has 0 aliphatic heterocycles. The van der Waals surface area contributed by atoms with Gasteiger partial charge in [0, 0.05) is 5.02 Å². The smallest absolute Gasteiger partial charge is 0.126 e. The van der Waals surface area contributed by atoms with Crippen LogP contribution in [-0.2, 0) is 0 Å². The third-order valence-corrected chi connectivity index (χ3v) is 3.01. The highest BCUT2D eigenvalue weighted by Crippen LogP contribution is 2.24. The molecule has 0 fully saturated rings. The molecule has 0 saturated carbocycles. The molecular formula is C15H14ClFO2. The van der Waals surface area contributed by atoms with Crippen molar-refractivity contribution in [3.05, 3.63) is 64.9 Å². The predicted molar refractivity (Wildman–Crippen MR) is 72.9 cm³/mol. The zero-order chi connectivity index (χ0) is 13.8. The molecule has 0 amide bonds. The van der Waals surface area contributed by atoms with Crippen LogP contribution in [0, 0.1) is 5.82 Å². The molecule has 19 heavy (non-hydrogen) atoms. The number of hydrogen-bond acceptors (Lipinski definition) is 2. The molecule has 0 aliphatic carbocycles. The van der Waals surface area contributed by atoms with E-state index in [-0.39, 0.29) is 5.82 Å². The Labute approximate surface area is 116 Å². The Morgan fingerprint density at radius 3 is 2.47 bits per heavy atom. The summed E-state index contributed by atoms with van der Waals surface area (Å²) in [6.45, 7) is 1.74. The van der Waals surface area contributed by atoms with Crippen LogP contribution in [0.1, 0.15) is 18.6 Å². The largest absolute Gasteiger partial charge is 0.488 e. The van der Waals surface area contributed by atoms with Crippen LogP contribution in [0.15, 0.2) is 48.5 Å². The van der Waals surface area contributed by atoms with Crippen LogP contribution in [0.4, 0.5) is 4.39 Å². The van der Waals surface area contributed by atoms with Crippen LogP contribution in [0.3, 0.4) is 0 Å². The molecule has 2 atom stereocenters. The highest BCUT2D eigenvalue weighted by atomic mass is 35.5. The van der Waals surface area contributed by atoms with Crippen LogP contribution in [0.5, 0.6) is 5.75 Å². The third kappa shape index (κ3) is 3.69. The summed E-state index contributed by atoms with van der Waals surface area (Å²) in [6, 6.07) is 12.7. The van der Waals surface area contributed by atoms with Crippen molar-refractivity contribution in [1.29, 1.82) is 0 Å². The molecule has 0 heterocycles. The lowest BCUT2D eigenvalue weighted by Crippen LogP contribution is -2.21. The number of ether oxygens (including phenoxy) is 1. The first-order valence-corrected chi connectivity index (χ1v) is 6.30. The van der Waals surface area contributed by atoms with E-state index in [2.05, 4.69) is 0 Å². The molecule has 4 heteroatoms. The van der Waals surface area contributed by atoms with Crippen LogP contribution < -0.4 is 4.74 Å². The molecule has 100 valence electrons. The Bertz CT molecular complexity index is 542. The second-order valence-corrected chi connectivity index (χ2v) is 4.71. The molecule has 1 N–H and O–H groups in total. The van der Waals surface area contributed by atoms with Gasteiger partial charge in [0.1, 0.15) is 23.8 Å². The first kappa shape index (κ1) is 13.8. The SMILES string of the molecule is CC(Oc1cccc(Cl)c1)C(O)c1ccc(F)cc1. The van der Waals surface area contributed by atoms with Gasteiger partial charge in [-0.3, -0.25) is 0 Å². The lowest BCUT2D eigenvalue weighted by molar-refractivity contribution is 0.0467. The van der Waals surface area contributed by atoms with Crippen molar-refractivity contribution in [3.8, 4) is 5.75 Å². The number of rotatable bonds is 4. The first-order valence-electron chi connectivity index (χ1n) is 5.92. The first-order chi connectivity index (χ1) is 9.06. The van der Waals surface area contributed by atoms with Gasteiger partial charge in [-0.15, -0.1) is 0 Å². The van der Waals surface area contributed by atoms with Crippen molar-refractivity contribution in [2.75, 3.05) is 0 Å². The maximum Gasteiger partial charge on any atom is 0.126 e. The number of benzene rings is 2. The van der Waals surface area contributed by atoms with Crippen molar-refractivity contribution < 1.29 is 14.2 Å². The zero-order valence-electron chi connectivity index (χ0n) is 10.4. The topological polar surface area (TPSA) is 29.5 Å². The predicted octanol–water partition coefficient (Wildman–Crippen LogP) is 3.98. The van der Waals surface area contributed by atoms with Gasteiger partial charge < -0.3 is 9.84 Å². The van der Waals surface area contributed by atoms with Crippen LogP contribution >= 0.6 is 11.6 Å². The van der Waals surface area contributed by atoms with Gasteiger partial charge in [0.2, 0.25) is 0 Å². The molecule has 2 rings (SSSR count). The van der Waals surface area contributed by atoms with E-state index in [1.165, 1.54) is 24.3 Å². The molecule has 0 aromatic heterocycles. The number of halogens is 2. The minimum absolute atomic E-state index is 0.334. The summed E-state index contributed by atoms with van der Waals surface area (Å²) in [5.74, 6) is 0.250. The zero-order valence-corrected chi connectivity index (χ0v) is 11.1.